The Labute approximate surface area is 126 Å². The Kier molecular flexibility index (Phi) is 4.45. The minimum atomic E-state index is -0.899. The quantitative estimate of drug-likeness (QED) is 0.876. The van der Waals surface area contributed by atoms with Crippen molar-refractivity contribution in [3.63, 3.8) is 0 Å². The third-order valence-electron chi connectivity index (χ3n) is 3.22. The number of aryl methyl sites for hydroxylation is 2. The van der Waals surface area contributed by atoms with Crippen LogP contribution in [0.3, 0.4) is 0 Å². The van der Waals surface area contributed by atoms with Gasteiger partial charge in [-0.2, -0.15) is 0 Å². The Morgan fingerprint density at radius 2 is 1.85 bits per heavy atom. The molecule has 20 heavy (non-hydrogen) atoms. The van der Waals surface area contributed by atoms with Crippen molar-refractivity contribution in [3.8, 4) is 0 Å². The standard InChI is InChI=1S/C16H16BrNO2/c1-10-7-8-12(9-13(10)17)15(16(19)20)18-14-6-4-3-5-11(14)2/h3-9,15,18H,1-2H3,(H,19,20). The number of anilines is 1. The Bertz CT molecular complexity index is 640. The van der Waals surface area contributed by atoms with Crippen molar-refractivity contribution in [1.82, 2.24) is 0 Å². The van der Waals surface area contributed by atoms with E-state index < -0.39 is 12.0 Å². The molecule has 3 nitrogen and oxygen atoms in total. The van der Waals surface area contributed by atoms with Gasteiger partial charge in [0.1, 0.15) is 0 Å². The molecule has 0 heterocycles. The molecule has 0 fully saturated rings. The van der Waals surface area contributed by atoms with Crippen molar-refractivity contribution in [2.75, 3.05) is 5.32 Å². The highest BCUT2D eigenvalue weighted by atomic mass is 79.9. The minimum absolute atomic E-state index is 0.721. The van der Waals surface area contributed by atoms with E-state index in [4.69, 9.17) is 0 Å². The number of carbonyl (C=O) groups is 1. The fraction of sp³-hybridized carbons (Fsp3) is 0.188. The maximum absolute atomic E-state index is 11.5. The molecule has 0 radical (unpaired) electrons. The van der Waals surface area contributed by atoms with Gasteiger partial charge in [0.2, 0.25) is 0 Å². The summed E-state index contributed by atoms with van der Waals surface area (Å²) >= 11 is 3.44. The first-order valence-electron chi connectivity index (χ1n) is 6.30. The van der Waals surface area contributed by atoms with E-state index in [0.29, 0.717) is 0 Å². The van der Waals surface area contributed by atoms with Gasteiger partial charge in [0, 0.05) is 10.2 Å². The van der Waals surface area contributed by atoms with Crippen LogP contribution in [0.4, 0.5) is 5.69 Å². The lowest BCUT2D eigenvalue weighted by atomic mass is 10.0. The first-order chi connectivity index (χ1) is 9.49. The fourth-order valence-electron chi connectivity index (χ4n) is 1.97. The first kappa shape index (κ1) is 14.6. The van der Waals surface area contributed by atoms with Crippen LogP contribution in [0.15, 0.2) is 46.9 Å². The van der Waals surface area contributed by atoms with Gasteiger partial charge in [-0.15, -0.1) is 0 Å². The van der Waals surface area contributed by atoms with Gasteiger partial charge < -0.3 is 10.4 Å². The summed E-state index contributed by atoms with van der Waals surface area (Å²) in [6.45, 7) is 3.92. The third kappa shape index (κ3) is 3.20. The zero-order chi connectivity index (χ0) is 14.7. The molecule has 2 N–H and O–H groups in total. The van der Waals surface area contributed by atoms with Crippen LogP contribution in [0.5, 0.6) is 0 Å². The minimum Gasteiger partial charge on any atom is -0.479 e. The molecule has 0 aliphatic rings. The average molecular weight is 334 g/mol. The maximum Gasteiger partial charge on any atom is 0.330 e. The van der Waals surface area contributed by atoms with E-state index in [1.165, 1.54) is 0 Å². The van der Waals surface area contributed by atoms with Crippen LogP contribution < -0.4 is 5.32 Å². The molecule has 1 atom stereocenters. The van der Waals surface area contributed by atoms with E-state index in [2.05, 4.69) is 21.2 Å². The number of hydrogen-bond acceptors (Lipinski definition) is 2. The van der Waals surface area contributed by atoms with Crippen LogP contribution in [0.2, 0.25) is 0 Å². The van der Waals surface area contributed by atoms with E-state index in [1.54, 1.807) is 0 Å². The van der Waals surface area contributed by atoms with Crippen molar-refractivity contribution in [2.45, 2.75) is 19.9 Å². The molecule has 2 rings (SSSR count). The van der Waals surface area contributed by atoms with Crippen LogP contribution in [0, 0.1) is 13.8 Å². The maximum atomic E-state index is 11.5. The van der Waals surface area contributed by atoms with E-state index in [1.807, 2.05) is 56.3 Å². The number of benzene rings is 2. The number of nitrogens with one attached hydrogen (secondary N) is 1. The zero-order valence-corrected chi connectivity index (χ0v) is 12.9. The summed E-state index contributed by atoms with van der Waals surface area (Å²) in [6.07, 6.45) is 0. The van der Waals surface area contributed by atoms with Gasteiger partial charge in [-0.25, -0.2) is 4.79 Å². The number of carboxylic acid groups (broad SMARTS) is 1. The molecular weight excluding hydrogens is 318 g/mol. The van der Waals surface area contributed by atoms with E-state index in [9.17, 15) is 9.90 Å². The van der Waals surface area contributed by atoms with Gasteiger partial charge in [0.05, 0.1) is 0 Å². The summed E-state index contributed by atoms with van der Waals surface area (Å²) < 4.78 is 0.910. The zero-order valence-electron chi connectivity index (χ0n) is 11.4. The summed E-state index contributed by atoms with van der Waals surface area (Å²) in [4.78, 5) is 11.5. The smallest absolute Gasteiger partial charge is 0.330 e. The second-order valence-electron chi connectivity index (χ2n) is 4.74. The van der Waals surface area contributed by atoms with Gasteiger partial charge in [0.25, 0.3) is 0 Å². The molecular formula is C16H16BrNO2. The highest BCUT2D eigenvalue weighted by Gasteiger charge is 2.20. The van der Waals surface area contributed by atoms with Gasteiger partial charge in [-0.3, -0.25) is 0 Å². The number of para-hydroxylation sites is 1. The lowest BCUT2D eigenvalue weighted by molar-refractivity contribution is -0.138. The van der Waals surface area contributed by atoms with E-state index >= 15 is 0 Å². The molecule has 2 aromatic carbocycles. The van der Waals surface area contributed by atoms with Crippen LogP contribution in [0.1, 0.15) is 22.7 Å². The van der Waals surface area contributed by atoms with Crippen molar-refractivity contribution < 1.29 is 9.90 Å². The molecule has 4 heteroatoms. The molecule has 0 spiro atoms. The second-order valence-corrected chi connectivity index (χ2v) is 5.59. The lowest BCUT2D eigenvalue weighted by Crippen LogP contribution is -2.21. The SMILES string of the molecule is Cc1ccc(C(Nc2ccccc2C)C(=O)O)cc1Br. The highest BCUT2D eigenvalue weighted by Crippen LogP contribution is 2.26. The number of aliphatic carboxylic acids is 1. The summed E-state index contributed by atoms with van der Waals surface area (Å²) in [7, 11) is 0. The van der Waals surface area contributed by atoms with Crippen LogP contribution in [-0.2, 0) is 4.79 Å². The largest absolute Gasteiger partial charge is 0.479 e. The molecule has 0 bridgehead atoms. The molecule has 0 aliphatic heterocycles. The molecule has 1 unspecified atom stereocenters. The molecule has 0 saturated carbocycles. The Balaban J connectivity index is 2.34. The predicted octanol–water partition coefficient (Wildman–Crippen LogP) is 4.30. The number of rotatable bonds is 4. The monoisotopic (exact) mass is 333 g/mol. The van der Waals surface area contributed by atoms with Crippen molar-refractivity contribution in [3.05, 3.63) is 63.6 Å². The lowest BCUT2D eigenvalue weighted by Gasteiger charge is -2.18. The molecule has 0 amide bonds. The van der Waals surface area contributed by atoms with Gasteiger partial charge in [0.15, 0.2) is 6.04 Å². The van der Waals surface area contributed by atoms with Crippen LogP contribution in [-0.4, -0.2) is 11.1 Å². The summed E-state index contributed by atoms with van der Waals surface area (Å²) in [5.74, 6) is -0.899. The van der Waals surface area contributed by atoms with Gasteiger partial charge >= 0.3 is 5.97 Å². The van der Waals surface area contributed by atoms with Crippen LogP contribution >= 0.6 is 15.9 Å². The number of halogens is 1. The van der Waals surface area contributed by atoms with Crippen molar-refractivity contribution >= 4 is 27.6 Å². The van der Waals surface area contributed by atoms with E-state index in [0.717, 1.165) is 26.9 Å². The molecule has 2 aromatic rings. The Hall–Kier alpha value is -1.81. The van der Waals surface area contributed by atoms with Crippen molar-refractivity contribution in [2.24, 2.45) is 0 Å². The number of carboxylic acids is 1. The summed E-state index contributed by atoms with van der Waals surface area (Å²) in [5.41, 5.74) is 3.65. The van der Waals surface area contributed by atoms with Crippen molar-refractivity contribution in [1.29, 1.82) is 0 Å². The number of hydrogen-bond donors (Lipinski definition) is 2. The van der Waals surface area contributed by atoms with Gasteiger partial charge in [-0.05, 0) is 42.7 Å². The molecule has 0 aromatic heterocycles. The van der Waals surface area contributed by atoms with Gasteiger partial charge in [-0.1, -0.05) is 46.3 Å². The van der Waals surface area contributed by atoms with Crippen LogP contribution in [0.25, 0.3) is 0 Å². The average Bonchev–Trinajstić information content (AvgIpc) is 2.41. The van der Waals surface area contributed by atoms with E-state index in [-0.39, 0.29) is 0 Å². The summed E-state index contributed by atoms with van der Waals surface area (Å²) in [5, 5.41) is 12.6. The fourth-order valence-corrected chi connectivity index (χ4v) is 2.36. The normalized spacial score (nSPS) is 11.9. The Morgan fingerprint density at radius 3 is 2.45 bits per heavy atom. The molecule has 104 valence electrons. The third-order valence-corrected chi connectivity index (χ3v) is 4.08. The Morgan fingerprint density at radius 1 is 1.15 bits per heavy atom. The second kappa shape index (κ2) is 6.09. The predicted molar refractivity (Wildman–Crippen MR) is 84.1 cm³/mol. The first-order valence-corrected chi connectivity index (χ1v) is 7.09. The molecule has 0 saturated heterocycles. The topological polar surface area (TPSA) is 49.3 Å². The summed E-state index contributed by atoms with van der Waals surface area (Å²) in [6, 6.07) is 12.5. The highest BCUT2D eigenvalue weighted by molar-refractivity contribution is 9.10. The molecule has 0 aliphatic carbocycles.